The Morgan fingerprint density at radius 3 is 2.57 bits per heavy atom. The van der Waals surface area contributed by atoms with Crippen molar-refractivity contribution in [3.05, 3.63) is 76.9 Å². The molecule has 37 heavy (non-hydrogen) atoms. The SMILES string of the molecule is CCN1CC[C@@H](Oc2ccc(C(F)(F)F)cc2NC(=O)c2cc(C#Cc3cnc(N)nc3)ccc2F)C1. The molecule has 0 spiro atoms. The van der Waals surface area contributed by atoms with E-state index in [4.69, 9.17) is 10.5 Å². The number of amides is 1. The molecule has 0 unspecified atom stereocenters. The molecular weight excluding hydrogens is 490 g/mol. The van der Waals surface area contributed by atoms with Crippen molar-refractivity contribution in [2.45, 2.75) is 25.6 Å². The normalized spacial score (nSPS) is 15.6. The molecule has 3 aromatic rings. The summed E-state index contributed by atoms with van der Waals surface area (Å²) in [5, 5.41) is 2.39. The van der Waals surface area contributed by atoms with E-state index in [2.05, 4.69) is 32.0 Å². The van der Waals surface area contributed by atoms with Crippen molar-refractivity contribution in [3.63, 3.8) is 0 Å². The maximum Gasteiger partial charge on any atom is 0.416 e. The molecule has 0 saturated carbocycles. The number of hydrogen-bond donors (Lipinski definition) is 2. The second-order valence-corrected chi connectivity index (χ2v) is 8.36. The number of benzene rings is 2. The van der Waals surface area contributed by atoms with Gasteiger partial charge in [0.25, 0.3) is 5.91 Å². The monoisotopic (exact) mass is 513 g/mol. The first kappa shape index (κ1) is 25.9. The summed E-state index contributed by atoms with van der Waals surface area (Å²) in [7, 11) is 0. The summed E-state index contributed by atoms with van der Waals surface area (Å²) in [6.07, 6.45) is -1.38. The number of nitrogen functional groups attached to an aromatic ring is 1. The van der Waals surface area contributed by atoms with Gasteiger partial charge in [-0.15, -0.1) is 0 Å². The van der Waals surface area contributed by atoms with Crippen LogP contribution in [0.1, 0.15) is 40.4 Å². The van der Waals surface area contributed by atoms with E-state index in [0.29, 0.717) is 24.1 Å². The van der Waals surface area contributed by atoms with Gasteiger partial charge in [-0.2, -0.15) is 13.2 Å². The fourth-order valence-corrected chi connectivity index (χ4v) is 3.78. The van der Waals surface area contributed by atoms with E-state index in [0.717, 1.165) is 31.3 Å². The van der Waals surface area contributed by atoms with E-state index in [1.807, 2.05) is 6.92 Å². The molecule has 1 fully saturated rings. The lowest BCUT2D eigenvalue weighted by molar-refractivity contribution is -0.137. The van der Waals surface area contributed by atoms with Crippen molar-refractivity contribution in [1.29, 1.82) is 0 Å². The first-order valence-corrected chi connectivity index (χ1v) is 11.4. The van der Waals surface area contributed by atoms with Gasteiger partial charge in [-0.1, -0.05) is 18.8 Å². The van der Waals surface area contributed by atoms with E-state index < -0.39 is 23.5 Å². The molecule has 1 amide bonds. The topological polar surface area (TPSA) is 93.4 Å². The lowest BCUT2D eigenvalue weighted by Gasteiger charge is -2.19. The minimum Gasteiger partial charge on any atom is -0.487 e. The highest BCUT2D eigenvalue weighted by atomic mass is 19.4. The minimum absolute atomic E-state index is 0.0732. The minimum atomic E-state index is -4.64. The third kappa shape index (κ3) is 6.54. The van der Waals surface area contributed by atoms with Gasteiger partial charge in [0.15, 0.2) is 0 Å². The molecule has 11 heteroatoms. The zero-order valence-electron chi connectivity index (χ0n) is 19.8. The zero-order valence-corrected chi connectivity index (χ0v) is 19.8. The summed E-state index contributed by atoms with van der Waals surface area (Å²) in [6, 6.07) is 6.47. The van der Waals surface area contributed by atoms with Gasteiger partial charge in [-0.05, 0) is 49.4 Å². The number of anilines is 2. The molecule has 2 heterocycles. The van der Waals surface area contributed by atoms with Crippen molar-refractivity contribution >= 4 is 17.5 Å². The number of nitrogens with zero attached hydrogens (tertiary/aromatic N) is 3. The molecule has 1 aromatic heterocycles. The fourth-order valence-electron chi connectivity index (χ4n) is 3.78. The van der Waals surface area contributed by atoms with Gasteiger partial charge in [-0.25, -0.2) is 14.4 Å². The van der Waals surface area contributed by atoms with Crippen LogP contribution in [-0.2, 0) is 6.18 Å². The standard InChI is InChI=1S/C26H23F4N5O2/c1-2-35-10-9-19(15-35)37-23-8-6-18(26(28,29)30)12-22(23)34-24(36)20-11-16(5-7-21(20)27)3-4-17-13-32-25(31)33-14-17/h5-8,11-14,19H,2,9-10,15H2,1H3,(H,34,36)(H2,31,32,33)/t19-/m1/s1. The van der Waals surface area contributed by atoms with E-state index in [9.17, 15) is 22.4 Å². The van der Waals surface area contributed by atoms with Crippen LogP contribution < -0.4 is 15.8 Å². The van der Waals surface area contributed by atoms with Gasteiger partial charge in [0, 0.05) is 31.0 Å². The summed E-state index contributed by atoms with van der Waals surface area (Å²) in [5.74, 6) is 3.90. The molecule has 1 atom stereocenters. The maximum atomic E-state index is 14.5. The quantitative estimate of drug-likeness (QED) is 0.390. The van der Waals surface area contributed by atoms with Crippen LogP contribution in [0, 0.1) is 17.7 Å². The maximum absolute atomic E-state index is 14.5. The van der Waals surface area contributed by atoms with Crippen LogP contribution in [0.2, 0.25) is 0 Å². The summed E-state index contributed by atoms with van der Waals surface area (Å²) in [5.41, 5.74) is 4.63. The molecule has 192 valence electrons. The van der Waals surface area contributed by atoms with Crippen LogP contribution in [0.15, 0.2) is 48.8 Å². The van der Waals surface area contributed by atoms with Crippen molar-refractivity contribution in [2.75, 3.05) is 30.7 Å². The number of carbonyl (C=O) groups is 1. The number of nitrogens with two attached hydrogens (primary N) is 1. The largest absolute Gasteiger partial charge is 0.487 e. The van der Waals surface area contributed by atoms with Gasteiger partial charge in [0.05, 0.1) is 22.4 Å². The molecule has 0 aliphatic carbocycles. The number of hydrogen-bond acceptors (Lipinski definition) is 6. The highest BCUT2D eigenvalue weighted by Crippen LogP contribution is 2.36. The van der Waals surface area contributed by atoms with E-state index in [1.165, 1.54) is 30.6 Å². The van der Waals surface area contributed by atoms with E-state index in [1.54, 1.807) is 0 Å². The average Bonchev–Trinajstić information content (AvgIpc) is 3.32. The van der Waals surface area contributed by atoms with Crippen LogP contribution in [0.4, 0.5) is 29.2 Å². The Hall–Kier alpha value is -4.17. The predicted molar refractivity (Wildman–Crippen MR) is 129 cm³/mol. The second kappa shape index (κ2) is 10.8. The smallest absolute Gasteiger partial charge is 0.416 e. The highest BCUT2D eigenvalue weighted by Gasteiger charge is 2.32. The molecule has 4 rings (SSSR count). The van der Waals surface area contributed by atoms with Crippen LogP contribution >= 0.6 is 0 Å². The molecule has 2 aromatic carbocycles. The zero-order chi connectivity index (χ0) is 26.6. The Bertz CT molecular complexity index is 1350. The third-order valence-electron chi connectivity index (χ3n) is 5.76. The van der Waals surface area contributed by atoms with Crippen LogP contribution in [-0.4, -0.2) is 46.5 Å². The van der Waals surface area contributed by atoms with Gasteiger partial charge >= 0.3 is 6.18 Å². The van der Waals surface area contributed by atoms with Crippen molar-refractivity contribution in [2.24, 2.45) is 0 Å². The lowest BCUT2D eigenvalue weighted by atomic mass is 10.1. The molecule has 1 aliphatic rings. The summed E-state index contributed by atoms with van der Waals surface area (Å²) < 4.78 is 60.6. The summed E-state index contributed by atoms with van der Waals surface area (Å²) in [4.78, 5) is 22.8. The molecule has 0 bridgehead atoms. The Balaban J connectivity index is 1.59. The number of aromatic nitrogens is 2. The Morgan fingerprint density at radius 1 is 1.16 bits per heavy atom. The number of rotatable bonds is 5. The van der Waals surface area contributed by atoms with E-state index in [-0.39, 0.29) is 29.1 Å². The Morgan fingerprint density at radius 2 is 1.89 bits per heavy atom. The predicted octanol–water partition coefficient (Wildman–Crippen LogP) is 4.34. The van der Waals surface area contributed by atoms with Gasteiger partial charge in [0.2, 0.25) is 5.95 Å². The number of ether oxygens (including phenoxy) is 1. The van der Waals surface area contributed by atoms with Crippen LogP contribution in [0.3, 0.4) is 0 Å². The third-order valence-corrected chi connectivity index (χ3v) is 5.76. The molecule has 1 saturated heterocycles. The first-order chi connectivity index (χ1) is 17.6. The second-order valence-electron chi connectivity index (χ2n) is 8.36. The number of alkyl halides is 3. The highest BCUT2D eigenvalue weighted by molar-refractivity contribution is 6.05. The first-order valence-electron chi connectivity index (χ1n) is 11.4. The lowest BCUT2D eigenvalue weighted by Crippen LogP contribution is -2.25. The van der Waals surface area contributed by atoms with E-state index >= 15 is 0 Å². The number of likely N-dealkylation sites (N-methyl/N-ethyl adjacent to an activating group) is 1. The molecule has 0 radical (unpaired) electrons. The number of halogens is 4. The van der Waals surface area contributed by atoms with Crippen LogP contribution in [0.5, 0.6) is 5.75 Å². The number of nitrogens with one attached hydrogen (secondary N) is 1. The molecule has 7 nitrogen and oxygen atoms in total. The van der Waals surface area contributed by atoms with Gasteiger partial charge < -0.3 is 15.8 Å². The fraction of sp³-hybridized carbons (Fsp3) is 0.269. The van der Waals surface area contributed by atoms with Crippen molar-refractivity contribution < 1.29 is 27.1 Å². The van der Waals surface area contributed by atoms with Gasteiger partial charge in [-0.3, -0.25) is 9.69 Å². The number of carbonyl (C=O) groups excluding carboxylic acids is 1. The van der Waals surface area contributed by atoms with Crippen molar-refractivity contribution in [3.8, 4) is 17.6 Å². The van der Waals surface area contributed by atoms with Crippen LogP contribution in [0.25, 0.3) is 0 Å². The Kier molecular flexibility index (Phi) is 7.59. The molecular formula is C26H23F4N5O2. The molecule has 1 aliphatic heterocycles. The summed E-state index contributed by atoms with van der Waals surface area (Å²) >= 11 is 0. The number of likely N-dealkylation sites (tertiary alicyclic amines) is 1. The van der Waals surface area contributed by atoms with Gasteiger partial charge in [0.1, 0.15) is 17.7 Å². The average molecular weight is 513 g/mol. The molecule has 3 N–H and O–H groups in total. The Labute approximate surface area is 210 Å². The van der Waals surface area contributed by atoms with Crippen molar-refractivity contribution in [1.82, 2.24) is 14.9 Å². The summed E-state index contributed by atoms with van der Waals surface area (Å²) in [6.45, 7) is 4.23.